The molecule has 21 heavy (non-hydrogen) atoms. The van der Waals surface area contributed by atoms with E-state index in [1.807, 2.05) is 27.6 Å². The SMILES string of the molecule is CC1CC(C)CN(C(=O)c2cn3cc(CN)ccc3n2)C1. The third-order valence-corrected chi connectivity index (χ3v) is 4.12. The van der Waals surface area contributed by atoms with Crippen LogP contribution >= 0.6 is 0 Å². The summed E-state index contributed by atoms with van der Waals surface area (Å²) in [6.45, 7) is 6.54. The van der Waals surface area contributed by atoms with E-state index in [-0.39, 0.29) is 5.91 Å². The van der Waals surface area contributed by atoms with Gasteiger partial charge in [-0.05, 0) is 29.9 Å². The number of nitrogens with zero attached hydrogens (tertiary/aromatic N) is 3. The molecule has 2 aromatic rings. The number of carbonyl (C=O) groups is 1. The highest BCUT2D eigenvalue weighted by Gasteiger charge is 2.27. The Bertz CT molecular complexity index is 653. The van der Waals surface area contributed by atoms with Gasteiger partial charge in [-0.1, -0.05) is 19.9 Å². The Morgan fingerprint density at radius 1 is 1.29 bits per heavy atom. The van der Waals surface area contributed by atoms with Crippen molar-refractivity contribution in [1.29, 1.82) is 0 Å². The Labute approximate surface area is 124 Å². The van der Waals surface area contributed by atoms with Crippen LogP contribution in [0.2, 0.25) is 0 Å². The minimum atomic E-state index is 0.0337. The first-order valence-corrected chi connectivity index (χ1v) is 7.53. The molecule has 1 fully saturated rings. The van der Waals surface area contributed by atoms with E-state index in [9.17, 15) is 4.79 Å². The maximum absolute atomic E-state index is 12.6. The zero-order chi connectivity index (χ0) is 15.0. The number of hydrogen-bond acceptors (Lipinski definition) is 3. The predicted octanol–water partition coefficient (Wildman–Crippen LogP) is 1.91. The van der Waals surface area contributed by atoms with Crippen molar-refractivity contribution in [3.63, 3.8) is 0 Å². The average molecular weight is 286 g/mol. The molecule has 5 nitrogen and oxygen atoms in total. The molecule has 1 saturated heterocycles. The number of aromatic nitrogens is 2. The number of imidazole rings is 1. The third kappa shape index (κ3) is 2.78. The van der Waals surface area contributed by atoms with Crippen LogP contribution in [0.4, 0.5) is 0 Å². The lowest BCUT2D eigenvalue weighted by Gasteiger charge is -2.34. The minimum Gasteiger partial charge on any atom is -0.337 e. The van der Waals surface area contributed by atoms with Crippen molar-refractivity contribution in [2.24, 2.45) is 17.6 Å². The first kappa shape index (κ1) is 14.1. The summed E-state index contributed by atoms with van der Waals surface area (Å²) in [6.07, 6.45) is 4.93. The fraction of sp³-hybridized carbons (Fsp3) is 0.500. The predicted molar refractivity (Wildman–Crippen MR) is 81.9 cm³/mol. The normalized spacial score (nSPS) is 22.7. The van der Waals surface area contributed by atoms with E-state index in [2.05, 4.69) is 18.8 Å². The van der Waals surface area contributed by atoms with Gasteiger partial charge in [0.15, 0.2) is 0 Å². The van der Waals surface area contributed by atoms with Gasteiger partial charge < -0.3 is 15.0 Å². The Hall–Kier alpha value is -1.88. The Kier molecular flexibility index (Phi) is 3.68. The third-order valence-electron chi connectivity index (χ3n) is 4.12. The number of fused-ring (bicyclic) bond motifs is 1. The molecule has 0 radical (unpaired) electrons. The number of rotatable bonds is 2. The lowest BCUT2D eigenvalue weighted by molar-refractivity contribution is 0.0618. The largest absolute Gasteiger partial charge is 0.337 e. The number of carbonyl (C=O) groups excluding carboxylic acids is 1. The molecule has 0 saturated carbocycles. The minimum absolute atomic E-state index is 0.0337. The zero-order valence-electron chi connectivity index (χ0n) is 12.6. The van der Waals surface area contributed by atoms with Crippen molar-refractivity contribution in [1.82, 2.24) is 14.3 Å². The number of piperidine rings is 1. The zero-order valence-corrected chi connectivity index (χ0v) is 12.6. The number of nitrogens with two attached hydrogens (primary N) is 1. The van der Waals surface area contributed by atoms with Crippen LogP contribution in [-0.2, 0) is 6.54 Å². The maximum atomic E-state index is 12.6. The van der Waals surface area contributed by atoms with Gasteiger partial charge in [-0.3, -0.25) is 4.79 Å². The van der Waals surface area contributed by atoms with E-state index >= 15 is 0 Å². The maximum Gasteiger partial charge on any atom is 0.274 e. The molecule has 0 aliphatic carbocycles. The van der Waals surface area contributed by atoms with Crippen LogP contribution in [0.25, 0.3) is 5.65 Å². The Balaban J connectivity index is 1.87. The molecule has 1 aliphatic heterocycles. The molecule has 2 aromatic heterocycles. The van der Waals surface area contributed by atoms with Crippen molar-refractivity contribution >= 4 is 11.6 Å². The lowest BCUT2D eigenvalue weighted by Crippen LogP contribution is -2.42. The topological polar surface area (TPSA) is 63.6 Å². The molecule has 0 spiro atoms. The molecule has 3 heterocycles. The van der Waals surface area contributed by atoms with Gasteiger partial charge in [-0.15, -0.1) is 0 Å². The Morgan fingerprint density at radius 3 is 2.67 bits per heavy atom. The van der Waals surface area contributed by atoms with Crippen LogP contribution in [-0.4, -0.2) is 33.3 Å². The van der Waals surface area contributed by atoms with E-state index in [1.54, 1.807) is 6.20 Å². The lowest BCUT2D eigenvalue weighted by atomic mass is 9.92. The molecule has 112 valence electrons. The van der Waals surface area contributed by atoms with Gasteiger partial charge in [-0.25, -0.2) is 4.98 Å². The van der Waals surface area contributed by atoms with Crippen LogP contribution in [0.5, 0.6) is 0 Å². The van der Waals surface area contributed by atoms with E-state index in [0.29, 0.717) is 24.1 Å². The highest BCUT2D eigenvalue weighted by Crippen LogP contribution is 2.22. The average Bonchev–Trinajstić information content (AvgIpc) is 2.88. The molecular weight excluding hydrogens is 264 g/mol. The molecule has 1 aliphatic rings. The monoisotopic (exact) mass is 286 g/mol. The molecular formula is C16H22N4O. The molecule has 2 unspecified atom stereocenters. The van der Waals surface area contributed by atoms with Crippen molar-refractivity contribution in [2.45, 2.75) is 26.8 Å². The molecule has 2 atom stereocenters. The number of likely N-dealkylation sites (tertiary alicyclic amines) is 1. The van der Waals surface area contributed by atoms with Crippen molar-refractivity contribution in [2.75, 3.05) is 13.1 Å². The highest BCUT2D eigenvalue weighted by molar-refractivity contribution is 5.93. The molecule has 2 N–H and O–H groups in total. The summed E-state index contributed by atoms with van der Waals surface area (Å²) in [5.74, 6) is 1.14. The smallest absolute Gasteiger partial charge is 0.274 e. The van der Waals surface area contributed by atoms with Gasteiger partial charge >= 0.3 is 0 Å². The van der Waals surface area contributed by atoms with Crippen LogP contribution in [0, 0.1) is 11.8 Å². The number of pyridine rings is 1. The van der Waals surface area contributed by atoms with Gasteiger partial charge in [0.05, 0.1) is 0 Å². The van der Waals surface area contributed by atoms with Crippen LogP contribution < -0.4 is 5.73 Å². The number of amides is 1. The second kappa shape index (κ2) is 5.48. The van der Waals surface area contributed by atoms with E-state index in [4.69, 9.17) is 5.73 Å². The number of hydrogen-bond donors (Lipinski definition) is 1. The summed E-state index contributed by atoms with van der Waals surface area (Å²) in [6, 6.07) is 3.85. The summed E-state index contributed by atoms with van der Waals surface area (Å²) in [7, 11) is 0. The standard InChI is InChI=1S/C16H22N4O/c1-11-5-12(2)8-20(7-11)16(21)14-10-19-9-13(6-17)3-4-15(19)18-14/h3-4,9-12H,5-8,17H2,1-2H3. The second-order valence-electron chi connectivity index (χ2n) is 6.29. The summed E-state index contributed by atoms with van der Waals surface area (Å²) in [5.41, 5.74) is 7.98. The van der Waals surface area contributed by atoms with Gasteiger partial charge in [0.2, 0.25) is 0 Å². The van der Waals surface area contributed by atoms with E-state index in [1.165, 1.54) is 6.42 Å². The van der Waals surface area contributed by atoms with E-state index in [0.717, 1.165) is 24.3 Å². The first-order valence-electron chi connectivity index (χ1n) is 7.53. The summed E-state index contributed by atoms with van der Waals surface area (Å²) in [5, 5.41) is 0. The fourth-order valence-corrected chi connectivity index (χ4v) is 3.25. The summed E-state index contributed by atoms with van der Waals surface area (Å²) < 4.78 is 1.88. The van der Waals surface area contributed by atoms with Gasteiger partial charge in [0.25, 0.3) is 5.91 Å². The van der Waals surface area contributed by atoms with Crippen LogP contribution in [0.1, 0.15) is 36.3 Å². The van der Waals surface area contributed by atoms with Crippen molar-refractivity contribution in [3.05, 3.63) is 35.8 Å². The molecule has 1 amide bonds. The van der Waals surface area contributed by atoms with Gasteiger partial charge in [-0.2, -0.15) is 0 Å². The molecule has 3 rings (SSSR count). The quantitative estimate of drug-likeness (QED) is 0.917. The van der Waals surface area contributed by atoms with E-state index < -0.39 is 0 Å². The molecule has 0 bridgehead atoms. The van der Waals surface area contributed by atoms with Crippen molar-refractivity contribution < 1.29 is 4.79 Å². The van der Waals surface area contributed by atoms with Crippen LogP contribution in [0.3, 0.4) is 0 Å². The Morgan fingerprint density at radius 2 is 2.00 bits per heavy atom. The summed E-state index contributed by atoms with van der Waals surface area (Å²) >= 11 is 0. The van der Waals surface area contributed by atoms with Crippen LogP contribution in [0.15, 0.2) is 24.5 Å². The van der Waals surface area contributed by atoms with Gasteiger partial charge in [0, 0.05) is 32.0 Å². The fourth-order valence-electron chi connectivity index (χ4n) is 3.25. The molecule has 5 heteroatoms. The van der Waals surface area contributed by atoms with Gasteiger partial charge in [0.1, 0.15) is 11.3 Å². The first-order chi connectivity index (χ1) is 10.1. The molecule has 0 aromatic carbocycles. The summed E-state index contributed by atoms with van der Waals surface area (Å²) in [4.78, 5) is 19.0. The highest BCUT2D eigenvalue weighted by atomic mass is 16.2. The second-order valence-corrected chi connectivity index (χ2v) is 6.29. The van der Waals surface area contributed by atoms with Crippen molar-refractivity contribution in [3.8, 4) is 0 Å².